The summed E-state index contributed by atoms with van der Waals surface area (Å²) >= 11 is 0. The highest BCUT2D eigenvalue weighted by Gasteiger charge is 2.27. The zero-order valence-electron chi connectivity index (χ0n) is 16.8. The normalized spacial score (nSPS) is 15.6. The molecule has 0 fully saturated rings. The molecular formula is C22H27N5O2. The molecule has 29 heavy (non-hydrogen) atoms. The first-order chi connectivity index (χ1) is 13.9. The Labute approximate surface area is 170 Å². The summed E-state index contributed by atoms with van der Waals surface area (Å²) in [6.07, 6.45) is 0.268. The summed E-state index contributed by atoms with van der Waals surface area (Å²) in [5, 5.41) is 4.21. The quantitative estimate of drug-likeness (QED) is 0.533. The Hall–Kier alpha value is -3.32. The third kappa shape index (κ3) is 4.25. The topological polar surface area (TPSA) is 105 Å². The number of hydrogen-bond acceptors (Lipinski definition) is 5. The van der Waals surface area contributed by atoms with Gasteiger partial charge in [0.1, 0.15) is 0 Å². The van der Waals surface area contributed by atoms with E-state index < -0.39 is 0 Å². The molecule has 0 aliphatic carbocycles. The summed E-state index contributed by atoms with van der Waals surface area (Å²) in [5.74, 6) is 5.88. The fourth-order valence-electron chi connectivity index (χ4n) is 3.60. The van der Waals surface area contributed by atoms with Crippen LogP contribution in [0.4, 0.5) is 5.69 Å². The fourth-order valence-corrected chi connectivity index (χ4v) is 3.60. The van der Waals surface area contributed by atoms with Crippen LogP contribution in [0.2, 0.25) is 0 Å². The molecule has 0 saturated heterocycles. The van der Waals surface area contributed by atoms with E-state index >= 15 is 0 Å². The molecule has 2 aromatic carbocycles. The van der Waals surface area contributed by atoms with Gasteiger partial charge in [-0.2, -0.15) is 0 Å². The van der Waals surface area contributed by atoms with Gasteiger partial charge in [0.15, 0.2) is 0 Å². The van der Waals surface area contributed by atoms with Gasteiger partial charge in [0.25, 0.3) is 0 Å². The smallest absolute Gasteiger partial charge is 0.227 e. The zero-order chi connectivity index (χ0) is 21.0. The fraction of sp³-hybridized carbons (Fsp3) is 0.273. The van der Waals surface area contributed by atoms with Crippen LogP contribution in [-0.2, 0) is 16.1 Å². The van der Waals surface area contributed by atoms with E-state index in [0.717, 1.165) is 22.4 Å². The molecule has 0 atom stereocenters. The van der Waals surface area contributed by atoms with E-state index in [0.29, 0.717) is 24.5 Å². The van der Waals surface area contributed by atoms with E-state index in [2.05, 4.69) is 5.32 Å². The standard InChI is InChI=1S/C22H27N5O2/c1-3-25-19(28)12-13-20(29)27-14-15-8-4-5-9-16(15)21(23)22(26(2)24)17-10-6-7-11-18(17)27/h4-11H,3,12-14,23-24H2,1-2H3,(H,25,28)/b22-21-. The number of amides is 2. The number of fused-ring (bicyclic) bond motifs is 2. The minimum absolute atomic E-state index is 0.120. The number of nitrogens with one attached hydrogen (secondary N) is 1. The van der Waals surface area contributed by atoms with Gasteiger partial charge in [-0.25, -0.2) is 5.84 Å². The number of hydrazine groups is 1. The Kier molecular flexibility index (Phi) is 6.19. The van der Waals surface area contributed by atoms with E-state index in [1.54, 1.807) is 11.9 Å². The number of benzene rings is 2. The molecule has 1 aliphatic rings. The predicted octanol–water partition coefficient (Wildman–Crippen LogP) is 2.04. The third-order valence-corrected chi connectivity index (χ3v) is 4.93. The van der Waals surface area contributed by atoms with Gasteiger partial charge < -0.3 is 21.0 Å². The van der Waals surface area contributed by atoms with Crippen molar-refractivity contribution >= 4 is 28.9 Å². The summed E-state index contributed by atoms with van der Waals surface area (Å²) < 4.78 is 0. The molecule has 7 nitrogen and oxygen atoms in total. The monoisotopic (exact) mass is 393 g/mol. The minimum atomic E-state index is -0.131. The molecule has 0 aromatic heterocycles. The molecule has 152 valence electrons. The van der Waals surface area contributed by atoms with Crippen molar-refractivity contribution in [1.29, 1.82) is 0 Å². The lowest BCUT2D eigenvalue weighted by molar-refractivity contribution is -0.125. The van der Waals surface area contributed by atoms with Gasteiger partial charge in [0, 0.05) is 37.6 Å². The number of anilines is 1. The summed E-state index contributed by atoms with van der Waals surface area (Å²) in [5.41, 5.74) is 11.0. The van der Waals surface area contributed by atoms with Gasteiger partial charge >= 0.3 is 0 Å². The average molecular weight is 393 g/mol. The van der Waals surface area contributed by atoms with E-state index in [1.807, 2.05) is 55.5 Å². The van der Waals surface area contributed by atoms with Gasteiger partial charge in [-0.1, -0.05) is 42.5 Å². The maximum atomic E-state index is 13.2. The molecule has 3 rings (SSSR count). The molecule has 0 saturated carbocycles. The van der Waals surface area contributed by atoms with Crippen LogP contribution in [-0.4, -0.2) is 30.4 Å². The SMILES string of the molecule is CCNC(=O)CCC(=O)N1Cc2ccccc2/C(N)=C(/N(C)N)c2ccccc21. The third-order valence-electron chi connectivity index (χ3n) is 4.93. The van der Waals surface area contributed by atoms with Crippen LogP contribution in [0.1, 0.15) is 36.5 Å². The number of para-hydroxylation sites is 1. The molecule has 0 bridgehead atoms. The van der Waals surface area contributed by atoms with Gasteiger partial charge in [-0.15, -0.1) is 0 Å². The lowest BCUT2D eigenvalue weighted by Crippen LogP contribution is -2.35. The molecule has 7 heteroatoms. The van der Waals surface area contributed by atoms with Crippen molar-refractivity contribution in [2.45, 2.75) is 26.3 Å². The Morgan fingerprint density at radius 2 is 1.72 bits per heavy atom. The molecular weight excluding hydrogens is 366 g/mol. The summed E-state index contributed by atoms with van der Waals surface area (Å²) in [7, 11) is 1.73. The predicted molar refractivity (Wildman–Crippen MR) is 115 cm³/mol. The van der Waals surface area contributed by atoms with Crippen molar-refractivity contribution in [3.63, 3.8) is 0 Å². The average Bonchev–Trinajstić information content (AvgIpc) is 2.70. The van der Waals surface area contributed by atoms with Gasteiger partial charge in [0.2, 0.25) is 11.8 Å². The molecule has 5 N–H and O–H groups in total. The lowest BCUT2D eigenvalue weighted by Gasteiger charge is -2.32. The molecule has 2 amide bonds. The second kappa shape index (κ2) is 8.79. The van der Waals surface area contributed by atoms with E-state index in [1.165, 1.54) is 5.01 Å². The van der Waals surface area contributed by atoms with Gasteiger partial charge in [-0.05, 0) is 18.6 Å². The number of rotatable bonds is 5. The van der Waals surface area contributed by atoms with Crippen LogP contribution in [0.3, 0.4) is 0 Å². The van der Waals surface area contributed by atoms with Crippen molar-refractivity contribution in [1.82, 2.24) is 10.3 Å². The first-order valence-corrected chi connectivity index (χ1v) is 9.67. The van der Waals surface area contributed by atoms with Crippen LogP contribution in [0.15, 0.2) is 48.5 Å². The van der Waals surface area contributed by atoms with E-state index in [4.69, 9.17) is 11.6 Å². The van der Waals surface area contributed by atoms with Crippen LogP contribution < -0.4 is 21.8 Å². The summed E-state index contributed by atoms with van der Waals surface area (Å²) in [6.45, 7) is 2.76. The second-order valence-corrected chi connectivity index (χ2v) is 6.98. The van der Waals surface area contributed by atoms with Crippen molar-refractivity contribution in [2.75, 3.05) is 18.5 Å². The summed E-state index contributed by atoms with van der Waals surface area (Å²) in [4.78, 5) is 26.7. The van der Waals surface area contributed by atoms with Gasteiger partial charge in [-0.3, -0.25) is 9.59 Å². The highest BCUT2D eigenvalue weighted by Crippen LogP contribution is 2.36. The minimum Gasteiger partial charge on any atom is -0.396 e. The number of carbonyl (C=O) groups excluding carboxylic acids is 2. The summed E-state index contributed by atoms with van der Waals surface area (Å²) in [6, 6.07) is 15.3. The van der Waals surface area contributed by atoms with Crippen molar-refractivity contribution in [3.8, 4) is 0 Å². The van der Waals surface area contributed by atoms with E-state index in [9.17, 15) is 9.59 Å². The van der Waals surface area contributed by atoms with Crippen LogP contribution in [0, 0.1) is 0 Å². The second-order valence-electron chi connectivity index (χ2n) is 6.98. The molecule has 1 aliphatic heterocycles. The van der Waals surface area contributed by atoms with Crippen molar-refractivity contribution < 1.29 is 9.59 Å². The first-order valence-electron chi connectivity index (χ1n) is 9.67. The maximum Gasteiger partial charge on any atom is 0.227 e. The van der Waals surface area contributed by atoms with Gasteiger partial charge in [0.05, 0.1) is 23.6 Å². The lowest BCUT2D eigenvalue weighted by atomic mass is 9.95. The highest BCUT2D eigenvalue weighted by atomic mass is 16.2. The van der Waals surface area contributed by atoms with Crippen LogP contribution >= 0.6 is 0 Å². The maximum absolute atomic E-state index is 13.2. The number of nitrogens with two attached hydrogens (primary N) is 2. The Bertz CT molecular complexity index is 952. The molecule has 0 radical (unpaired) electrons. The number of nitrogens with zero attached hydrogens (tertiary/aromatic N) is 2. The molecule has 0 spiro atoms. The Balaban J connectivity index is 2.09. The Morgan fingerprint density at radius 3 is 2.41 bits per heavy atom. The number of hydrogen-bond donors (Lipinski definition) is 3. The Morgan fingerprint density at radius 1 is 1.07 bits per heavy atom. The largest absolute Gasteiger partial charge is 0.396 e. The van der Waals surface area contributed by atoms with Crippen LogP contribution in [0.25, 0.3) is 11.4 Å². The molecule has 0 unspecified atom stereocenters. The molecule has 1 heterocycles. The van der Waals surface area contributed by atoms with Crippen molar-refractivity contribution in [2.24, 2.45) is 11.6 Å². The van der Waals surface area contributed by atoms with E-state index in [-0.39, 0.29) is 24.7 Å². The first kappa shape index (κ1) is 20.4. The zero-order valence-corrected chi connectivity index (χ0v) is 16.8. The van der Waals surface area contributed by atoms with Crippen molar-refractivity contribution in [3.05, 3.63) is 65.2 Å². The highest BCUT2D eigenvalue weighted by molar-refractivity contribution is 6.01. The number of carbonyl (C=O) groups is 2. The molecule has 2 aromatic rings. The van der Waals surface area contributed by atoms with Crippen LogP contribution in [0.5, 0.6) is 0 Å².